The van der Waals surface area contributed by atoms with Crippen LogP contribution in [0.2, 0.25) is 0 Å². The number of amides is 2. The van der Waals surface area contributed by atoms with Crippen LogP contribution in [0, 0.1) is 5.92 Å². The summed E-state index contributed by atoms with van der Waals surface area (Å²) in [6, 6.07) is -0.677. The molecule has 5 nitrogen and oxygen atoms in total. The van der Waals surface area contributed by atoms with Crippen LogP contribution in [0.3, 0.4) is 0 Å². The van der Waals surface area contributed by atoms with E-state index in [-0.39, 0.29) is 18.0 Å². The molecule has 2 amide bonds. The highest BCUT2D eigenvalue weighted by atomic mass is 32.2. The third-order valence-corrected chi connectivity index (χ3v) is 4.87. The highest BCUT2D eigenvalue weighted by molar-refractivity contribution is 7.99. The van der Waals surface area contributed by atoms with Crippen molar-refractivity contribution in [3.8, 4) is 0 Å². The van der Waals surface area contributed by atoms with Crippen LogP contribution in [0.1, 0.15) is 26.2 Å². The normalized spacial score (nSPS) is 32.3. The van der Waals surface area contributed by atoms with Crippen LogP contribution in [-0.2, 0) is 4.79 Å². The monoisotopic (exact) mass is 272 g/mol. The third-order valence-electron chi connectivity index (χ3n) is 3.70. The van der Waals surface area contributed by atoms with Gasteiger partial charge >= 0.3 is 12.0 Å². The second kappa shape index (κ2) is 5.82. The van der Waals surface area contributed by atoms with Crippen LogP contribution >= 0.6 is 11.8 Å². The molecule has 0 radical (unpaired) electrons. The summed E-state index contributed by atoms with van der Waals surface area (Å²) < 4.78 is 0. The number of carbonyl (C=O) groups excluding carboxylic acids is 1. The van der Waals surface area contributed by atoms with Crippen LogP contribution in [0.4, 0.5) is 4.79 Å². The number of hydrogen-bond acceptors (Lipinski definition) is 3. The molecule has 0 aliphatic carbocycles. The maximum atomic E-state index is 12.2. The first-order chi connectivity index (χ1) is 8.59. The number of aliphatic carboxylic acids is 1. The predicted octanol–water partition coefficient (Wildman–Crippen LogP) is 1.39. The molecule has 18 heavy (non-hydrogen) atoms. The minimum absolute atomic E-state index is 0.0277. The van der Waals surface area contributed by atoms with Gasteiger partial charge in [-0.15, -0.1) is 0 Å². The van der Waals surface area contributed by atoms with Crippen molar-refractivity contribution < 1.29 is 14.7 Å². The van der Waals surface area contributed by atoms with Crippen molar-refractivity contribution in [3.63, 3.8) is 0 Å². The lowest BCUT2D eigenvalue weighted by Gasteiger charge is -2.37. The van der Waals surface area contributed by atoms with Gasteiger partial charge in [-0.3, -0.25) is 0 Å². The first-order valence-electron chi connectivity index (χ1n) is 6.47. The Hall–Kier alpha value is -0.910. The SMILES string of the molecule is CC1CCCN(C(=O)NC2CCSC2)C1C(=O)O. The van der Waals surface area contributed by atoms with Crippen LogP contribution < -0.4 is 5.32 Å². The van der Waals surface area contributed by atoms with E-state index in [1.807, 2.05) is 18.7 Å². The molecule has 6 heteroatoms. The molecular formula is C12H20N2O3S. The van der Waals surface area contributed by atoms with Crippen molar-refractivity contribution in [1.29, 1.82) is 0 Å². The van der Waals surface area contributed by atoms with Gasteiger partial charge in [-0.1, -0.05) is 6.92 Å². The Morgan fingerprint density at radius 2 is 2.17 bits per heavy atom. The van der Waals surface area contributed by atoms with Crippen molar-refractivity contribution in [3.05, 3.63) is 0 Å². The fourth-order valence-electron chi connectivity index (χ4n) is 2.70. The molecule has 2 heterocycles. The van der Waals surface area contributed by atoms with Crippen molar-refractivity contribution in [2.75, 3.05) is 18.1 Å². The average molecular weight is 272 g/mol. The molecule has 0 bridgehead atoms. The van der Waals surface area contributed by atoms with Crippen molar-refractivity contribution in [2.45, 2.75) is 38.3 Å². The Labute approximate surface area is 111 Å². The van der Waals surface area contributed by atoms with Crippen molar-refractivity contribution >= 4 is 23.8 Å². The van der Waals surface area contributed by atoms with E-state index in [9.17, 15) is 14.7 Å². The number of urea groups is 1. The molecule has 2 aliphatic heterocycles. The number of likely N-dealkylation sites (tertiary alicyclic amines) is 1. The standard InChI is InChI=1S/C12H20N2O3S/c1-8-3-2-5-14(10(8)11(15)16)12(17)13-9-4-6-18-7-9/h8-10H,2-7H2,1H3,(H,13,17)(H,15,16). The van der Waals surface area contributed by atoms with Crippen LogP contribution in [0.25, 0.3) is 0 Å². The Morgan fingerprint density at radius 1 is 1.39 bits per heavy atom. The number of nitrogens with one attached hydrogen (secondary N) is 1. The van der Waals surface area contributed by atoms with Crippen LogP contribution in [0.15, 0.2) is 0 Å². The number of carboxylic acids is 1. The Bertz CT molecular complexity index is 331. The summed E-state index contributed by atoms with van der Waals surface area (Å²) in [6.45, 7) is 2.46. The summed E-state index contributed by atoms with van der Waals surface area (Å²) in [5, 5.41) is 12.2. The Kier molecular flexibility index (Phi) is 4.37. The largest absolute Gasteiger partial charge is 0.480 e. The number of rotatable bonds is 2. The number of carbonyl (C=O) groups is 2. The average Bonchev–Trinajstić information content (AvgIpc) is 2.80. The van der Waals surface area contributed by atoms with E-state index < -0.39 is 12.0 Å². The maximum absolute atomic E-state index is 12.2. The second-order valence-electron chi connectivity index (χ2n) is 5.11. The summed E-state index contributed by atoms with van der Waals surface area (Å²) in [4.78, 5) is 24.9. The van der Waals surface area contributed by atoms with Gasteiger partial charge in [-0.05, 0) is 30.9 Å². The lowest BCUT2D eigenvalue weighted by molar-refractivity contribution is -0.145. The molecular weight excluding hydrogens is 252 g/mol. The zero-order chi connectivity index (χ0) is 13.1. The molecule has 2 fully saturated rings. The van der Waals surface area contributed by atoms with E-state index >= 15 is 0 Å². The smallest absolute Gasteiger partial charge is 0.326 e. The molecule has 102 valence electrons. The minimum Gasteiger partial charge on any atom is -0.480 e. The van der Waals surface area contributed by atoms with Gasteiger partial charge in [-0.25, -0.2) is 9.59 Å². The lowest BCUT2D eigenvalue weighted by atomic mass is 9.91. The van der Waals surface area contributed by atoms with Crippen molar-refractivity contribution in [1.82, 2.24) is 10.2 Å². The first-order valence-corrected chi connectivity index (χ1v) is 7.62. The van der Waals surface area contributed by atoms with Crippen molar-refractivity contribution in [2.24, 2.45) is 5.92 Å². The second-order valence-corrected chi connectivity index (χ2v) is 6.26. The fourth-order valence-corrected chi connectivity index (χ4v) is 3.85. The summed E-state index contributed by atoms with van der Waals surface area (Å²) in [7, 11) is 0. The third kappa shape index (κ3) is 2.91. The van der Waals surface area contributed by atoms with Gasteiger partial charge < -0.3 is 15.3 Å². The van der Waals surface area contributed by atoms with Gasteiger partial charge in [0.2, 0.25) is 0 Å². The quantitative estimate of drug-likeness (QED) is 0.797. The highest BCUT2D eigenvalue weighted by Crippen LogP contribution is 2.24. The molecule has 0 aromatic rings. The molecule has 0 spiro atoms. The molecule has 2 aliphatic rings. The number of carboxylic acid groups (broad SMARTS) is 1. The number of nitrogens with zero attached hydrogens (tertiary/aromatic N) is 1. The van der Waals surface area contributed by atoms with E-state index in [2.05, 4.69) is 5.32 Å². The van der Waals surface area contributed by atoms with Gasteiger partial charge in [0.15, 0.2) is 0 Å². The zero-order valence-corrected chi connectivity index (χ0v) is 11.4. The summed E-state index contributed by atoms with van der Waals surface area (Å²) in [5.41, 5.74) is 0. The summed E-state index contributed by atoms with van der Waals surface area (Å²) in [5.74, 6) is 1.15. The van der Waals surface area contributed by atoms with E-state index in [1.165, 1.54) is 4.90 Å². The molecule has 0 aromatic heterocycles. The van der Waals surface area contributed by atoms with E-state index in [4.69, 9.17) is 0 Å². The van der Waals surface area contributed by atoms with Gasteiger partial charge in [-0.2, -0.15) is 11.8 Å². The van der Waals surface area contributed by atoms with Gasteiger partial charge in [0.05, 0.1) is 0 Å². The van der Waals surface area contributed by atoms with Crippen LogP contribution in [-0.4, -0.2) is 52.1 Å². The molecule has 2 N–H and O–H groups in total. The zero-order valence-electron chi connectivity index (χ0n) is 10.6. The van der Waals surface area contributed by atoms with Crippen LogP contribution in [0.5, 0.6) is 0 Å². The highest BCUT2D eigenvalue weighted by Gasteiger charge is 2.37. The van der Waals surface area contributed by atoms with Gasteiger partial charge in [0.1, 0.15) is 6.04 Å². The maximum Gasteiger partial charge on any atom is 0.326 e. The Morgan fingerprint density at radius 3 is 2.78 bits per heavy atom. The first kappa shape index (κ1) is 13.5. The molecule has 2 saturated heterocycles. The molecule has 3 atom stereocenters. The number of thioether (sulfide) groups is 1. The van der Waals surface area contributed by atoms with E-state index in [1.54, 1.807) is 0 Å². The van der Waals surface area contributed by atoms with E-state index in [0.717, 1.165) is 30.8 Å². The number of hydrogen-bond donors (Lipinski definition) is 2. The molecule has 0 saturated carbocycles. The number of piperidine rings is 1. The van der Waals surface area contributed by atoms with E-state index in [0.29, 0.717) is 6.54 Å². The van der Waals surface area contributed by atoms with Gasteiger partial charge in [0, 0.05) is 18.3 Å². The fraction of sp³-hybridized carbons (Fsp3) is 0.833. The topological polar surface area (TPSA) is 69.6 Å². The molecule has 2 rings (SSSR count). The summed E-state index contributed by atoms with van der Waals surface area (Å²) >= 11 is 1.83. The Balaban J connectivity index is 1.99. The minimum atomic E-state index is -0.891. The van der Waals surface area contributed by atoms with Gasteiger partial charge in [0.25, 0.3) is 0 Å². The predicted molar refractivity (Wildman–Crippen MR) is 70.8 cm³/mol. The molecule has 3 unspecified atom stereocenters. The summed E-state index contributed by atoms with van der Waals surface area (Å²) in [6.07, 6.45) is 2.75. The lowest BCUT2D eigenvalue weighted by Crippen LogP contribution is -2.56. The molecule has 0 aromatic carbocycles.